The van der Waals surface area contributed by atoms with Crippen molar-refractivity contribution in [3.63, 3.8) is 0 Å². The molecule has 3 N–H and O–H groups in total. The van der Waals surface area contributed by atoms with Gasteiger partial charge >= 0.3 is 0 Å². The lowest BCUT2D eigenvalue weighted by molar-refractivity contribution is 0.0474. The van der Waals surface area contributed by atoms with Crippen molar-refractivity contribution in [3.8, 4) is 33.8 Å². The number of halogens is 1. The topological polar surface area (TPSA) is 122 Å². The van der Waals surface area contributed by atoms with Gasteiger partial charge in [0.2, 0.25) is 0 Å². The number of hydrogen-bond donors (Lipinski definition) is 3. The third-order valence-electron chi connectivity index (χ3n) is 12.5. The lowest BCUT2D eigenvalue weighted by Gasteiger charge is -2.51. The van der Waals surface area contributed by atoms with Gasteiger partial charge in [0.15, 0.2) is 0 Å². The van der Waals surface area contributed by atoms with E-state index in [4.69, 9.17) is 16.6 Å². The summed E-state index contributed by atoms with van der Waals surface area (Å²) in [6.45, 7) is 5.52. The van der Waals surface area contributed by atoms with Gasteiger partial charge in [0.05, 0.1) is 39.3 Å². The fraction of sp³-hybridized carbons (Fsp3) is 0.390. The van der Waals surface area contributed by atoms with E-state index in [1.807, 2.05) is 37.6 Å². The van der Waals surface area contributed by atoms with E-state index >= 15 is 0 Å². The number of carbonyl (C=O) groups excluding carboxylic acids is 2. The molecule has 2 saturated heterocycles. The maximum Gasteiger partial charge on any atom is 0.253 e. The second-order valence-electron chi connectivity index (χ2n) is 16.1. The van der Waals surface area contributed by atoms with E-state index in [2.05, 4.69) is 73.2 Å². The Hall–Kier alpha value is -4.84. The predicted octanol–water partition coefficient (Wildman–Crippen LogP) is 3.99. The molecule has 53 heavy (non-hydrogen) atoms. The summed E-state index contributed by atoms with van der Waals surface area (Å²) in [7, 11) is 6.29. The van der Waals surface area contributed by atoms with E-state index in [1.165, 1.54) is 33.6 Å². The van der Waals surface area contributed by atoms with Crippen LogP contribution in [-0.4, -0.2) is 85.1 Å². The number of aryl methyl sites for hydroxylation is 3. The van der Waals surface area contributed by atoms with Crippen LogP contribution in [0.4, 0.5) is 0 Å². The Morgan fingerprint density at radius 3 is 1.87 bits per heavy atom. The van der Waals surface area contributed by atoms with Gasteiger partial charge in [-0.2, -0.15) is 0 Å². The van der Waals surface area contributed by atoms with Crippen molar-refractivity contribution < 1.29 is 9.59 Å². The van der Waals surface area contributed by atoms with Gasteiger partial charge in [-0.25, -0.2) is 4.98 Å². The molecule has 0 unspecified atom stereocenters. The van der Waals surface area contributed by atoms with E-state index in [1.54, 1.807) is 0 Å². The van der Waals surface area contributed by atoms with E-state index in [9.17, 15) is 9.59 Å². The van der Waals surface area contributed by atoms with Crippen LogP contribution in [0, 0.1) is 6.92 Å². The summed E-state index contributed by atoms with van der Waals surface area (Å²) in [5, 5.41) is 10.3. The zero-order valence-corrected chi connectivity index (χ0v) is 31.2. The van der Waals surface area contributed by atoms with Crippen LogP contribution in [0.2, 0.25) is 5.15 Å². The molecule has 2 spiro atoms. The van der Waals surface area contributed by atoms with Crippen LogP contribution in [-0.2, 0) is 52.6 Å². The Morgan fingerprint density at radius 2 is 1.30 bits per heavy atom. The summed E-state index contributed by atoms with van der Waals surface area (Å²) in [4.78, 5) is 41.5. The normalized spacial score (nSPS) is 19.6. The first kappa shape index (κ1) is 32.8. The molecule has 4 aliphatic heterocycles. The summed E-state index contributed by atoms with van der Waals surface area (Å²) in [6.07, 6.45) is 11.1. The Kier molecular flexibility index (Phi) is 7.16. The van der Waals surface area contributed by atoms with Gasteiger partial charge in [-0.05, 0) is 86.2 Å². The number of hydrogen-bond acceptors (Lipinski definition) is 7. The number of nitrogens with zero attached hydrogens (tertiary/aromatic N) is 6. The zero-order chi connectivity index (χ0) is 36.4. The number of likely N-dealkylation sites (N-methyl/N-ethyl adjacent to an activating group) is 1. The smallest absolute Gasteiger partial charge is 0.253 e. The summed E-state index contributed by atoms with van der Waals surface area (Å²) in [5.74, 6) is 0.176. The Balaban J connectivity index is 0.000000136. The van der Waals surface area contributed by atoms with Crippen LogP contribution in [0.25, 0.3) is 33.8 Å². The maximum atomic E-state index is 13.2. The number of fused-ring (bicyclic) bond motifs is 10. The molecular formula is C41H42ClN9O2. The van der Waals surface area contributed by atoms with Gasteiger partial charge in [0, 0.05) is 105 Å². The Morgan fingerprint density at radius 1 is 0.717 bits per heavy atom. The highest BCUT2D eigenvalue weighted by Gasteiger charge is 2.49. The van der Waals surface area contributed by atoms with Crippen molar-refractivity contribution >= 4 is 23.4 Å². The first-order chi connectivity index (χ1) is 25.5. The minimum atomic E-state index is -0.104. The Labute approximate surface area is 313 Å². The Bertz CT molecular complexity index is 2400. The average Bonchev–Trinajstić information content (AvgIpc) is 3.58. The second kappa shape index (κ2) is 11.6. The molecule has 9 heterocycles. The molecule has 2 amide bonds. The predicted molar refractivity (Wildman–Crippen MR) is 203 cm³/mol. The minimum absolute atomic E-state index is 0.0770. The molecule has 2 aliphatic carbocycles. The van der Waals surface area contributed by atoms with Crippen LogP contribution in [0.1, 0.15) is 60.1 Å². The molecule has 5 aromatic heterocycles. The zero-order valence-electron chi connectivity index (χ0n) is 30.5. The van der Waals surface area contributed by atoms with Crippen molar-refractivity contribution in [2.45, 2.75) is 56.5 Å². The SMILES string of the molecule is Cc1ccc(-c2cc3c(cn2)CCc2c4c(n(C)c2-3)CC2(CN(C)C2)NC4=O)cn1.Cn1c2c(c3c1-c1cc(Cl)ncc1CC3)C(=O)NC1(CNC1)C2. The molecule has 12 heteroatoms. The summed E-state index contributed by atoms with van der Waals surface area (Å²) >= 11 is 6.12. The summed E-state index contributed by atoms with van der Waals surface area (Å²) < 4.78 is 4.48. The highest BCUT2D eigenvalue weighted by atomic mass is 35.5. The minimum Gasteiger partial charge on any atom is -0.347 e. The van der Waals surface area contributed by atoms with Crippen molar-refractivity contribution in [1.82, 2.24) is 44.9 Å². The number of nitrogens with one attached hydrogen (secondary N) is 3. The molecule has 0 radical (unpaired) electrons. The number of pyridine rings is 3. The van der Waals surface area contributed by atoms with Crippen molar-refractivity contribution in [2.24, 2.45) is 14.1 Å². The number of amides is 2. The van der Waals surface area contributed by atoms with Gasteiger partial charge < -0.3 is 30.0 Å². The molecule has 0 bridgehead atoms. The quantitative estimate of drug-likeness (QED) is 0.224. The van der Waals surface area contributed by atoms with Gasteiger partial charge in [0.25, 0.3) is 11.8 Å². The first-order valence-electron chi connectivity index (χ1n) is 18.5. The van der Waals surface area contributed by atoms with Crippen LogP contribution in [0.15, 0.2) is 42.9 Å². The average molecular weight is 728 g/mol. The van der Waals surface area contributed by atoms with Crippen LogP contribution in [0.3, 0.4) is 0 Å². The van der Waals surface area contributed by atoms with E-state index < -0.39 is 0 Å². The lowest BCUT2D eigenvalue weighted by Crippen LogP contribution is -2.71. The lowest BCUT2D eigenvalue weighted by atomic mass is 9.80. The summed E-state index contributed by atoms with van der Waals surface area (Å²) in [6, 6.07) is 8.19. The largest absolute Gasteiger partial charge is 0.347 e. The number of likely N-dealkylation sites (tertiary alicyclic amines) is 1. The third-order valence-corrected chi connectivity index (χ3v) is 12.7. The molecular weight excluding hydrogens is 686 g/mol. The molecule has 11 nitrogen and oxygen atoms in total. The van der Waals surface area contributed by atoms with Crippen LogP contribution in [0.5, 0.6) is 0 Å². The monoisotopic (exact) mass is 727 g/mol. The number of rotatable bonds is 1. The van der Waals surface area contributed by atoms with E-state index in [0.717, 1.165) is 115 Å². The molecule has 0 atom stereocenters. The fourth-order valence-electron chi connectivity index (χ4n) is 9.95. The van der Waals surface area contributed by atoms with Crippen molar-refractivity contribution in [1.29, 1.82) is 0 Å². The molecule has 2 fully saturated rings. The van der Waals surface area contributed by atoms with Crippen LogP contribution < -0.4 is 16.0 Å². The highest BCUT2D eigenvalue weighted by molar-refractivity contribution is 6.29. The van der Waals surface area contributed by atoms with E-state index in [0.29, 0.717) is 5.15 Å². The fourth-order valence-corrected chi connectivity index (χ4v) is 10.1. The van der Waals surface area contributed by atoms with Crippen LogP contribution >= 0.6 is 11.6 Å². The van der Waals surface area contributed by atoms with E-state index in [-0.39, 0.29) is 22.9 Å². The molecule has 11 rings (SSSR count). The first-order valence-corrected chi connectivity index (χ1v) is 18.9. The molecule has 6 aliphatic rings. The van der Waals surface area contributed by atoms with Gasteiger partial charge in [-0.3, -0.25) is 19.6 Å². The van der Waals surface area contributed by atoms with Gasteiger partial charge in [-0.1, -0.05) is 11.6 Å². The molecule has 0 saturated carbocycles. The summed E-state index contributed by atoms with van der Waals surface area (Å²) in [5.41, 5.74) is 16.3. The highest BCUT2D eigenvalue weighted by Crippen LogP contribution is 2.44. The van der Waals surface area contributed by atoms with Crippen molar-refractivity contribution in [3.05, 3.63) is 98.5 Å². The number of carbonyl (C=O) groups is 2. The third kappa shape index (κ3) is 4.97. The number of aromatic nitrogens is 5. The maximum absolute atomic E-state index is 13.2. The van der Waals surface area contributed by atoms with Gasteiger partial charge in [-0.15, -0.1) is 0 Å². The van der Waals surface area contributed by atoms with Crippen molar-refractivity contribution in [2.75, 3.05) is 33.2 Å². The molecule has 270 valence electrons. The molecule has 0 aromatic carbocycles. The second-order valence-corrected chi connectivity index (χ2v) is 16.5. The standard InChI is InChI=1S/C24H25N5O.C17H17ClN4O/c1-14-4-5-16(11-25-14)19-8-18-15(10-26-19)6-7-17-21-20(29(3)22(17)18)9-24(27-23(21)30)12-28(2)13-24;1-22-12-5-17(7-19-8-17)21-16(23)14(12)10-3-2-9-6-20-13(18)4-11(9)15(10)22/h4-5,8,10-11H,6-7,9,12-13H2,1-3H3,(H,27,30);4,6,19H,2-3,5,7-8H2,1H3,(H,21,23). The molecule has 5 aromatic rings. The van der Waals surface area contributed by atoms with Gasteiger partial charge in [0.1, 0.15) is 5.15 Å².